The van der Waals surface area contributed by atoms with Crippen LogP contribution in [0.5, 0.6) is 0 Å². The van der Waals surface area contributed by atoms with Crippen LogP contribution in [0.25, 0.3) is 15.4 Å². The van der Waals surface area contributed by atoms with Crippen LogP contribution in [0.1, 0.15) is 0 Å². The van der Waals surface area contributed by atoms with Crippen molar-refractivity contribution in [3.63, 3.8) is 0 Å². The number of nitrogens with one attached hydrogen (secondary N) is 9. The number of nitrogens with zero attached hydrogens (tertiary/aromatic N) is 6. The third-order valence-corrected chi connectivity index (χ3v) is 14.6. The molecule has 3 aromatic heterocycles. The average molecular weight is 1160 g/mol. The molecule has 6 amide bonds. The Morgan fingerprint density at radius 2 is 0.641 bits per heavy atom. The topological polar surface area (TPSA) is 375 Å². The smallest absolute Gasteiger partial charge is 0.558 e. The Bertz CT molecular complexity index is 2700. The molecule has 3 heterocycles. The molecule has 0 spiro atoms. The van der Waals surface area contributed by atoms with Crippen molar-refractivity contribution in [3.8, 4) is 0 Å². The minimum absolute atomic E-state index is 0. The quantitative estimate of drug-likeness (QED) is 0.0579. The molecule has 0 atom stereocenters. The number of carbonyl (C=O) groups is 3. The zero-order valence-corrected chi connectivity index (χ0v) is 40.7. The first-order valence-electron chi connectivity index (χ1n) is 15.4. The van der Waals surface area contributed by atoms with Crippen molar-refractivity contribution >= 4 is 184 Å². The number of carbonyl (C=O) groups excluding carboxylic acids is 3. The number of hydrogen-bond acceptors (Lipinski definition) is 18. The summed E-state index contributed by atoms with van der Waals surface area (Å²) in [6.07, 6.45) is 0. The molecule has 64 heavy (non-hydrogen) atoms. The molecule has 0 unspecified atom stereocenters. The Morgan fingerprint density at radius 1 is 0.406 bits per heavy atom. The fourth-order valence-corrected chi connectivity index (χ4v) is 8.39. The molecule has 0 aliphatic carbocycles. The Morgan fingerprint density at radius 3 is 0.828 bits per heavy atom. The van der Waals surface area contributed by atoms with E-state index in [-0.39, 0.29) is 47.5 Å². The normalized spacial score (nSPS) is 11.0. The number of anilines is 6. The Labute approximate surface area is 412 Å². The van der Waals surface area contributed by atoms with Gasteiger partial charge in [-0.1, -0.05) is 104 Å². The van der Waals surface area contributed by atoms with Crippen molar-refractivity contribution in [1.29, 1.82) is 0 Å². The van der Waals surface area contributed by atoms with Crippen molar-refractivity contribution in [2.75, 3.05) is 31.9 Å². The molecule has 1 radical (unpaired) electrons. The van der Waals surface area contributed by atoms with Crippen LogP contribution in [0, 0.1) is 0 Å². The SMILES string of the molecule is [Fe+3].[NH-]S(=O)(=O)c1nnc(NC(=O)Nc2ccc(Cl)c(Cl)c2)s1.[NH-]S(=O)(=O)c1nnc(NC(=O)Nc2ccc(Cl)c(Cl)c2)s1.[NH-]S(=O)(=O)c1nnc(NC(=O)Nc2ccc(Cl)c(Cl)c2)s1. The average Bonchev–Trinajstić information content (AvgIpc) is 3.96. The van der Waals surface area contributed by atoms with Gasteiger partial charge in [-0.05, 0) is 54.6 Å². The number of urea groups is 3. The van der Waals surface area contributed by atoms with Gasteiger partial charge in [-0.15, -0.1) is 30.6 Å². The predicted octanol–water partition coefficient (Wildman–Crippen LogP) is 9.69. The van der Waals surface area contributed by atoms with Gasteiger partial charge < -0.3 is 31.4 Å². The molecule has 0 aliphatic heterocycles. The minimum Gasteiger partial charge on any atom is -0.558 e. The first-order chi connectivity index (χ1) is 29.3. The number of benzene rings is 3. The first kappa shape index (κ1) is 54.5. The van der Waals surface area contributed by atoms with E-state index < -0.39 is 61.2 Å². The maximum Gasteiger partial charge on any atom is 3.00 e. The monoisotopic (exact) mass is 1150 g/mol. The Balaban J connectivity index is 0.000000253. The van der Waals surface area contributed by atoms with Crippen molar-refractivity contribution in [1.82, 2.24) is 30.6 Å². The van der Waals surface area contributed by atoms with Crippen LogP contribution in [0.3, 0.4) is 0 Å². The summed E-state index contributed by atoms with van der Waals surface area (Å²) in [6, 6.07) is 11.5. The minimum atomic E-state index is -4.20. The number of rotatable bonds is 9. The molecule has 0 bridgehead atoms. The van der Waals surface area contributed by atoms with Gasteiger partial charge in [-0.25, -0.2) is 39.6 Å². The summed E-state index contributed by atoms with van der Waals surface area (Å²) in [5.74, 6) is 0. The van der Waals surface area contributed by atoms with Crippen LogP contribution in [0.4, 0.5) is 46.8 Å². The number of hydrogen-bond donors (Lipinski definition) is 6. The van der Waals surface area contributed by atoms with Gasteiger partial charge in [-0.2, -0.15) is 0 Å². The second kappa shape index (κ2) is 23.5. The fourth-order valence-electron chi connectivity index (χ4n) is 3.61. The van der Waals surface area contributed by atoms with Gasteiger partial charge in [0.1, 0.15) is 30.1 Å². The molecule has 0 saturated heterocycles. The van der Waals surface area contributed by atoms with Gasteiger partial charge >= 0.3 is 35.2 Å². The molecular formula is C27H18Cl6FeN15O9S6. The van der Waals surface area contributed by atoms with Gasteiger partial charge in [0.05, 0.1) is 30.1 Å². The molecule has 24 nitrogen and oxygen atoms in total. The van der Waals surface area contributed by atoms with Crippen LogP contribution >= 0.6 is 104 Å². The maximum absolute atomic E-state index is 11.7. The fraction of sp³-hybridized carbons (Fsp3) is 0. The van der Waals surface area contributed by atoms with Crippen molar-refractivity contribution in [2.45, 2.75) is 13.0 Å². The van der Waals surface area contributed by atoms with Crippen molar-refractivity contribution in [2.24, 2.45) is 0 Å². The van der Waals surface area contributed by atoms with E-state index >= 15 is 0 Å². The summed E-state index contributed by atoms with van der Waals surface area (Å²) in [7, 11) is -12.6. The van der Waals surface area contributed by atoms with Crippen LogP contribution in [-0.4, -0.2) is 73.9 Å². The van der Waals surface area contributed by atoms with Crippen molar-refractivity contribution in [3.05, 3.63) is 100 Å². The summed E-state index contributed by atoms with van der Waals surface area (Å²) in [5.41, 5.74) is 1.17. The maximum atomic E-state index is 11.7. The molecule has 0 aliphatic rings. The van der Waals surface area contributed by atoms with Gasteiger partial charge in [-0.3, -0.25) is 16.0 Å². The summed E-state index contributed by atoms with van der Waals surface area (Å²) in [4.78, 5) is 35.0. The van der Waals surface area contributed by atoms with E-state index in [1.54, 1.807) is 0 Å². The Kier molecular flexibility index (Phi) is 20.0. The van der Waals surface area contributed by atoms with Crippen LogP contribution in [-0.2, 0) is 47.1 Å². The molecule has 0 saturated carbocycles. The number of halogens is 6. The van der Waals surface area contributed by atoms with Gasteiger partial charge in [0, 0.05) is 17.1 Å². The van der Waals surface area contributed by atoms with Gasteiger partial charge in [0.2, 0.25) is 28.4 Å². The number of aromatic nitrogens is 6. The number of amides is 6. The molecule has 9 N–H and O–H groups in total. The number of sulfonamides is 3. The summed E-state index contributed by atoms with van der Waals surface area (Å²) >= 11 is 36.3. The van der Waals surface area contributed by atoms with Crippen LogP contribution in [0.15, 0.2) is 67.6 Å². The van der Waals surface area contributed by atoms with Crippen LogP contribution < -0.4 is 31.9 Å². The molecule has 3 aromatic carbocycles. The van der Waals surface area contributed by atoms with E-state index in [2.05, 4.69) is 62.5 Å². The summed E-state index contributed by atoms with van der Waals surface area (Å²) in [5, 5.41) is 56.6. The van der Waals surface area contributed by atoms with E-state index in [0.717, 1.165) is 0 Å². The summed E-state index contributed by atoms with van der Waals surface area (Å²) in [6.45, 7) is 0. The third kappa shape index (κ3) is 17.5. The van der Waals surface area contributed by atoms with Gasteiger partial charge in [0.15, 0.2) is 0 Å². The zero-order chi connectivity index (χ0) is 46.9. The van der Waals surface area contributed by atoms with E-state index in [1.165, 1.54) is 54.6 Å². The van der Waals surface area contributed by atoms with E-state index in [9.17, 15) is 39.6 Å². The standard InChI is InChI=1S/3C9H7Cl2N5O3S2.Fe/c3*10-5-2-1-4(3-6(5)11)13-7(17)14-8-15-16-9(20-8)21(12,18)19;/h3*1-3H,(H4,12,13,14,15,17,18,19);/q;;;+3/p-3. The second-order valence-electron chi connectivity index (χ2n) is 10.8. The van der Waals surface area contributed by atoms with Crippen LogP contribution in [0.2, 0.25) is 30.1 Å². The molecular weight excluding hydrogens is 1140 g/mol. The molecule has 37 heteroatoms. The zero-order valence-electron chi connectivity index (χ0n) is 30.1. The third-order valence-electron chi connectivity index (χ3n) is 6.10. The van der Waals surface area contributed by atoms with E-state index in [1.807, 2.05) is 0 Å². The molecule has 6 aromatic rings. The second-order valence-corrected chi connectivity index (χ2v) is 21.1. The molecule has 341 valence electrons. The van der Waals surface area contributed by atoms with Gasteiger partial charge in [0.25, 0.3) is 0 Å². The van der Waals surface area contributed by atoms with Crippen molar-refractivity contribution < 1.29 is 56.7 Å². The van der Waals surface area contributed by atoms with E-state index in [4.69, 9.17) is 85.0 Å². The summed E-state index contributed by atoms with van der Waals surface area (Å²) < 4.78 is 63.9. The molecule has 0 fully saturated rings. The largest absolute Gasteiger partial charge is 3.00 e. The first-order valence-corrected chi connectivity index (χ1v) is 24.5. The molecule has 6 rings (SSSR count). The predicted molar refractivity (Wildman–Crippen MR) is 242 cm³/mol. The van der Waals surface area contributed by atoms with E-state index in [0.29, 0.717) is 66.1 Å². The Hall–Kier alpha value is -3.86.